The van der Waals surface area contributed by atoms with E-state index in [0.717, 1.165) is 38.5 Å². The monoisotopic (exact) mass is 954 g/mol. The molecular weight excluding hydrogens is 847 g/mol. The first-order valence-corrected chi connectivity index (χ1v) is 28.2. The molecule has 1 rings (SSSR count). The number of hydrogen-bond acceptors (Lipinski definition) is 10. The number of hydrogen-bond donors (Lipinski definition) is 8. The molecular formula is C56H107NO10. The molecule has 1 saturated heterocycles. The molecule has 1 fully saturated rings. The summed E-state index contributed by atoms with van der Waals surface area (Å²) >= 11 is 0. The molecule has 9 atom stereocenters. The molecule has 0 aromatic carbocycles. The molecule has 0 aliphatic carbocycles. The van der Waals surface area contributed by atoms with Crippen molar-refractivity contribution >= 4 is 5.91 Å². The lowest BCUT2D eigenvalue weighted by Crippen LogP contribution is -2.60. The van der Waals surface area contributed by atoms with Gasteiger partial charge in [0.25, 0.3) is 0 Å². The first kappa shape index (κ1) is 63.6. The molecule has 0 aromatic rings. The van der Waals surface area contributed by atoms with Crippen molar-refractivity contribution in [2.45, 2.75) is 313 Å². The van der Waals surface area contributed by atoms with Crippen LogP contribution in [0.1, 0.15) is 258 Å². The van der Waals surface area contributed by atoms with Crippen LogP contribution in [0.2, 0.25) is 0 Å². The van der Waals surface area contributed by atoms with Crippen molar-refractivity contribution in [3.8, 4) is 0 Å². The zero-order valence-corrected chi connectivity index (χ0v) is 43.1. The Morgan fingerprint density at radius 1 is 0.507 bits per heavy atom. The van der Waals surface area contributed by atoms with Gasteiger partial charge >= 0.3 is 0 Å². The van der Waals surface area contributed by atoms with Crippen molar-refractivity contribution < 1.29 is 50.0 Å². The summed E-state index contributed by atoms with van der Waals surface area (Å²) < 4.78 is 11.1. The summed E-state index contributed by atoms with van der Waals surface area (Å²) in [6.45, 7) is 3.43. The summed E-state index contributed by atoms with van der Waals surface area (Å²) in [6.07, 6.45) is 42.6. The minimum atomic E-state index is -1.67. The maximum Gasteiger partial charge on any atom is 0.249 e. The maximum absolute atomic E-state index is 13.1. The Balaban J connectivity index is 2.28. The normalized spacial score (nSPS) is 20.8. The van der Waals surface area contributed by atoms with E-state index in [9.17, 15) is 40.5 Å². The molecule has 1 amide bonds. The predicted molar refractivity (Wildman–Crippen MR) is 275 cm³/mol. The average Bonchev–Trinajstić information content (AvgIpc) is 3.33. The number of nitrogens with one attached hydrogen (secondary N) is 1. The lowest BCUT2D eigenvalue weighted by atomic mass is 9.98. The molecule has 396 valence electrons. The first-order chi connectivity index (χ1) is 32.7. The Hall–Kier alpha value is -1.41. The van der Waals surface area contributed by atoms with Gasteiger partial charge in [0.15, 0.2) is 6.29 Å². The highest BCUT2D eigenvalue weighted by atomic mass is 16.7. The van der Waals surface area contributed by atoms with Crippen LogP contribution in [0.25, 0.3) is 0 Å². The minimum absolute atomic E-state index is 0.249. The van der Waals surface area contributed by atoms with Crippen LogP contribution in [0, 0.1) is 0 Å². The van der Waals surface area contributed by atoms with Gasteiger partial charge in [0, 0.05) is 0 Å². The highest BCUT2D eigenvalue weighted by molar-refractivity contribution is 5.80. The largest absolute Gasteiger partial charge is 0.394 e. The third kappa shape index (κ3) is 34.5. The van der Waals surface area contributed by atoms with Gasteiger partial charge in [-0.3, -0.25) is 4.79 Å². The fraction of sp³-hybridized carbons (Fsp3) is 0.911. The second-order valence-electron chi connectivity index (χ2n) is 20.0. The summed E-state index contributed by atoms with van der Waals surface area (Å²) in [7, 11) is 0. The van der Waals surface area contributed by atoms with Gasteiger partial charge in [-0.2, -0.15) is 0 Å². The van der Waals surface area contributed by atoms with Gasteiger partial charge in [-0.15, -0.1) is 0 Å². The molecule has 1 aliphatic rings. The number of unbranched alkanes of at least 4 members (excludes halogenated alkanes) is 32. The van der Waals surface area contributed by atoms with E-state index < -0.39 is 74.2 Å². The first-order valence-electron chi connectivity index (χ1n) is 28.2. The smallest absolute Gasteiger partial charge is 0.249 e. The second-order valence-corrected chi connectivity index (χ2v) is 20.0. The third-order valence-electron chi connectivity index (χ3n) is 13.7. The predicted octanol–water partition coefficient (Wildman–Crippen LogP) is 11.3. The van der Waals surface area contributed by atoms with E-state index in [4.69, 9.17) is 9.47 Å². The fourth-order valence-electron chi connectivity index (χ4n) is 9.11. The summed E-state index contributed by atoms with van der Waals surface area (Å²) in [6, 6.07) is -1.19. The molecule has 0 radical (unpaired) electrons. The molecule has 11 heteroatoms. The maximum atomic E-state index is 13.1. The van der Waals surface area contributed by atoms with Crippen molar-refractivity contribution in [3.05, 3.63) is 24.3 Å². The number of carbonyl (C=O) groups is 1. The van der Waals surface area contributed by atoms with E-state index >= 15 is 0 Å². The Morgan fingerprint density at radius 2 is 0.896 bits per heavy atom. The lowest BCUT2D eigenvalue weighted by molar-refractivity contribution is -0.303. The molecule has 1 aliphatic heterocycles. The molecule has 9 unspecified atom stereocenters. The molecule has 1 heterocycles. The SMILES string of the molecule is CCCCCCCCCCCCCCCCCCCCCC/C=C/CC/C=C/CCCC(O)C(O)C(COC1OC(CO)C(O)C(O)C1O)NC(=O)C(O)CCCCCCCCCCCCC. The van der Waals surface area contributed by atoms with Crippen molar-refractivity contribution in [3.63, 3.8) is 0 Å². The van der Waals surface area contributed by atoms with E-state index in [1.807, 2.05) is 0 Å². The van der Waals surface area contributed by atoms with Gasteiger partial charge in [-0.1, -0.05) is 231 Å². The van der Waals surface area contributed by atoms with Gasteiger partial charge in [0.1, 0.15) is 36.6 Å². The second kappa shape index (κ2) is 45.7. The van der Waals surface area contributed by atoms with E-state index in [0.29, 0.717) is 19.3 Å². The molecule has 67 heavy (non-hydrogen) atoms. The molecule has 0 aromatic heterocycles. The van der Waals surface area contributed by atoms with Crippen molar-refractivity contribution in [2.75, 3.05) is 13.2 Å². The number of aliphatic hydroxyl groups is 7. The summed E-state index contributed by atoms with van der Waals surface area (Å²) in [5.74, 6) is -0.710. The van der Waals surface area contributed by atoms with E-state index in [1.54, 1.807) is 0 Å². The van der Waals surface area contributed by atoms with Crippen molar-refractivity contribution in [2.24, 2.45) is 0 Å². The summed E-state index contributed by atoms with van der Waals surface area (Å²) in [5.41, 5.74) is 0. The summed E-state index contributed by atoms with van der Waals surface area (Å²) in [4.78, 5) is 13.1. The van der Waals surface area contributed by atoms with Crippen LogP contribution in [0.3, 0.4) is 0 Å². The lowest BCUT2D eigenvalue weighted by Gasteiger charge is -2.40. The molecule has 0 bridgehead atoms. The van der Waals surface area contributed by atoms with Crippen LogP contribution in [0.4, 0.5) is 0 Å². The van der Waals surface area contributed by atoms with E-state index in [1.165, 1.54) is 173 Å². The Labute approximate surface area is 410 Å². The van der Waals surface area contributed by atoms with Gasteiger partial charge < -0.3 is 50.5 Å². The van der Waals surface area contributed by atoms with Crippen LogP contribution in [0.15, 0.2) is 24.3 Å². The van der Waals surface area contributed by atoms with E-state index in [2.05, 4.69) is 43.5 Å². The molecule has 11 nitrogen and oxygen atoms in total. The third-order valence-corrected chi connectivity index (χ3v) is 13.7. The van der Waals surface area contributed by atoms with Gasteiger partial charge in [-0.05, 0) is 51.4 Å². The highest BCUT2D eigenvalue weighted by Gasteiger charge is 2.44. The molecule has 0 spiro atoms. The van der Waals surface area contributed by atoms with Crippen LogP contribution < -0.4 is 5.32 Å². The zero-order chi connectivity index (χ0) is 49.0. The Bertz CT molecular complexity index is 1140. The van der Waals surface area contributed by atoms with Crippen LogP contribution in [-0.2, 0) is 14.3 Å². The number of ether oxygens (including phenoxy) is 2. The Morgan fingerprint density at radius 3 is 1.33 bits per heavy atom. The summed E-state index contributed by atoms with van der Waals surface area (Å²) in [5, 5.41) is 75.8. The Kier molecular flexibility index (Phi) is 43.4. The minimum Gasteiger partial charge on any atom is -0.394 e. The zero-order valence-electron chi connectivity index (χ0n) is 43.1. The topological polar surface area (TPSA) is 189 Å². The van der Waals surface area contributed by atoms with Crippen LogP contribution >= 0.6 is 0 Å². The number of aliphatic hydroxyl groups excluding tert-OH is 7. The highest BCUT2D eigenvalue weighted by Crippen LogP contribution is 2.23. The number of carbonyl (C=O) groups excluding carboxylic acids is 1. The average molecular weight is 954 g/mol. The molecule has 8 N–H and O–H groups in total. The van der Waals surface area contributed by atoms with E-state index in [-0.39, 0.29) is 12.8 Å². The number of amides is 1. The standard InChI is InChI=1S/C56H107NO10/c1-3-5-7-9-11-13-15-16-17-18-19-20-21-22-23-24-25-26-27-28-29-30-31-32-34-35-37-39-41-43-48(59)51(61)47(46-66-56-54(64)53(63)52(62)50(45-58)67-56)57-55(65)49(60)44-42-40-38-36-33-14-12-10-8-6-4-2/h30-31,35,37,47-54,56,58-64H,3-29,32-34,36,38-46H2,1-2H3,(H,57,65)/b31-30+,37-35+. The van der Waals surface area contributed by atoms with Gasteiger partial charge in [0.05, 0.1) is 25.4 Å². The van der Waals surface area contributed by atoms with Crippen LogP contribution in [-0.4, -0.2) is 110 Å². The van der Waals surface area contributed by atoms with Gasteiger partial charge in [-0.25, -0.2) is 0 Å². The quantitative estimate of drug-likeness (QED) is 0.0215. The molecule has 0 saturated carbocycles. The van der Waals surface area contributed by atoms with Gasteiger partial charge in [0.2, 0.25) is 5.91 Å². The van der Waals surface area contributed by atoms with Crippen molar-refractivity contribution in [1.82, 2.24) is 5.32 Å². The fourth-order valence-corrected chi connectivity index (χ4v) is 9.11. The van der Waals surface area contributed by atoms with Crippen molar-refractivity contribution in [1.29, 1.82) is 0 Å². The number of allylic oxidation sites excluding steroid dienone is 4. The van der Waals surface area contributed by atoms with Crippen LogP contribution in [0.5, 0.6) is 0 Å². The number of rotatable bonds is 48.